The van der Waals surface area contributed by atoms with Crippen molar-refractivity contribution in [3.63, 3.8) is 0 Å². The summed E-state index contributed by atoms with van der Waals surface area (Å²) in [4.78, 5) is 12.5. The van der Waals surface area contributed by atoms with Gasteiger partial charge in [-0.1, -0.05) is 48.5 Å². The van der Waals surface area contributed by atoms with E-state index in [1.807, 2.05) is 49.4 Å². The number of amides is 1. The second-order valence-electron chi connectivity index (χ2n) is 8.62. The third-order valence-corrected chi connectivity index (χ3v) is 5.82. The first-order valence-corrected chi connectivity index (χ1v) is 11.7. The van der Waals surface area contributed by atoms with Crippen molar-refractivity contribution in [2.75, 3.05) is 13.1 Å². The third kappa shape index (κ3) is 7.70. The number of aromatic hydroxyl groups is 1. The molecule has 0 bridgehead atoms. The molecule has 6 heteroatoms. The van der Waals surface area contributed by atoms with E-state index in [-0.39, 0.29) is 24.3 Å². The highest BCUT2D eigenvalue weighted by Crippen LogP contribution is 2.22. The molecule has 2 atom stereocenters. The van der Waals surface area contributed by atoms with Crippen LogP contribution in [-0.2, 0) is 19.4 Å². The lowest BCUT2D eigenvalue weighted by Crippen LogP contribution is -2.32. The van der Waals surface area contributed by atoms with Gasteiger partial charge in [0.1, 0.15) is 5.75 Å². The number of aliphatic hydroxyl groups is 2. The van der Waals surface area contributed by atoms with Crippen LogP contribution in [0.15, 0.2) is 72.8 Å². The van der Waals surface area contributed by atoms with Crippen molar-refractivity contribution in [2.24, 2.45) is 0 Å². The van der Waals surface area contributed by atoms with Crippen molar-refractivity contribution in [3.05, 3.63) is 101 Å². The standard InChI is InChI=1S/C28H34N2O4/c1-20(30-18-27(33)23-12-13-26(32)25(17-23)19-31)15-22-9-5-11-24(16-22)28(34)29-14-6-10-21-7-3-2-4-8-21/h2-5,7-9,11-13,16-17,20,27,30-33H,6,10,14-15,18-19H2,1H3,(H,29,34)/t20-,27+/m1/s1. The maximum Gasteiger partial charge on any atom is 0.251 e. The Morgan fingerprint density at radius 2 is 1.74 bits per heavy atom. The molecule has 3 rings (SSSR count). The van der Waals surface area contributed by atoms with E-state index < -0.39 is 6.10 Å². The van der Waals surface area contributed by atoms with Crippen molar-refractivity contribution in [1.82, 2.24) is 10.6 Å². The van der Waals surface area contributed by atoms with Crippen LogP contribution in [0.1, 0.15) is 52.1 Å². The number of carbonyl (C=O) groups is 1. The van der Waals surface area contributed by atoms with Crippen LogP contribution in [-0.4, -0.2) is 40.4 Å². The van der Waals surface area contributed by atoms with Crippen LogP contribution in [0.4, 0.5) is 0 Å². The quantitative estimate of drug-likeness (QED) is 0.265. The number of carbonyl (C=O) groups excluding carboxylic acids is 1. The molecule has 1 amide bonds. The van der Waals surface area contributed by atoms with Crippen molar-refractivity contribution >= 4 is 5.91 Å². The minimum absolute atomic E-state index is 0.0138. The van der Waals surface area contributed by atoms with Crippen LogP contribution in [0.3, 0.4) is 0 Å². The highest BCUT2D eigenvalue weighted by Gasteiger charge is 2.13. The smallest absolute Gasteiger partial charge is 0.251 e. The number of aliphatic hydroxyl groups excluding tert-OH is 2. The van der Waals surface area contributed by atoms with E-state index in [4.69, 9.17) is 0 Å². The number of aryl methyl sites for hydroxylation is 1. The Kier molecular flexibility index (Phi) is 9.64. The van der Waals surface area contributed by atoms with Crippen LogP contribution < -0.4 is 10.6 Å². The minimum Gasteiger partial charge on any atom is -0.508 e. The maximum absolute atomic E-state index is 12.5. The van der Waals surface area contributed by atoms with Crippen LogP contribution in [0.25, 0.3) is 0 Å². The molecule has 0 aliphatic heterocycles. The van der Waals surface area contributed by atoms with E-state index in [0.29, 0.717) is 36.2 Å². The lowest BCUT2D eigenvalue weighted by atomic mass is 10.0. The molecule has 3 aromatic rings. The van der Waals surface area contributed by atoms with Gasteiger partial charge in [-0.3, -0.25) is 4.79 Å². The first-order chi connectivity index (χ1) is 16.5. The van der Waals surface area contributed by atoms with Crippen molar-refractivity contribution in [2.45, 2.75) is 44.9 Å². The van der Waals surface area contributed by atoms with Gasteiger partial charge in [0.25, 0.3) is 5.91 Å². The zero-order chi connectivity index (χ0) is 24.3. The predicted molar refractivity (Wildman–Crippen MR) is 134 cm³/mol. The summed E-state index contributed by atoms with van der Waals surface area (Å²) in [6.07, 6.45) is 1.77. The molecule has 0 saturated carbocycles. The number of rotatable bonds is 12. The molecule has 0 heterocycles. The van der Waals surface area contributed by atoms with Crippen molar-refractivity contribution < 1.29 is 20.1 Å². The molecule has 34 heavy (non-hydrogen) atoms. The maximum atomic E-state index is 12.5. The molecular weight excluding hydrogens is 428 g/mol. The number of hydrogen-bond donors (Lipinski definition) is 5. The molecule has 0 aliphatic rings. The predicted octanol–water partition coefficient (Wildman–Crippen LogP) is 3.50. The molecule has 0 aliphatic carbocycles. The Labute approximate surface area is 201 Å². The number of hydrogen-bond acceptors (Lipinski definition) is 5. The van der Waals surface area contributed by atoms with E-state index >= 15 is 0 Å². The zero-order valence-electron chi connectivity index (χ0n) is 19.6. The average Bonchev–Trinajstić information content (AvgIpc) is 2.86. The summed E-state index contributed by atoms with van der Waals surface area (Å²) in [5.41, 5.74) is 3.97. The summed E-state index contributed by atoms with van der Waals surface area (Å²) in [7, 11) is 0. The fraction of sp³-hybridized carbons (Fsp3) is 0.321. The SMILES string of the molecule is C[C@H](Cc1cccc(C(=O)NCCCc2ccccc2)c1)NC[C@H](O)c1ccc(O)c(CO)c1. The molecule has 0 unspecified atom stereocenters. The van der Waals surface area contributed by atoms with Crippen LogP contribution in [0.2, 0.25) is 0 Å². The number of nitrogens with one attached hydrogen (secondary N) is 2. The topological polar surface area (TPSA) is 102 Å². The summed E-state index contributed by atoms with van der Waals surface area (Å²) in [6.45, 7) is 2.70. The van der Waals surface area contributed by atoms with Gasteiger partial charge in [0.2, 0.25) is 0 Å². The number of phenols is 1. The summed E-state index contributed by atoms with van der Waals surface area (Å²) in [5.74, 6) is -0.0575. The molecule has 0 spiro atoms. The van der Waals surface area contributed by atoms with Crippen LogP contribution in [0, 0.1) is 0 Å². The first-order valence-electron chi connectivity index (χ1n) is 11.7. The van der Waals surface area contributed by atoms with Crippen LogP contribution >= 0.6 is 0 Å². The second kappa shape index (κ2) is 12.9. The molecule has 0 radical (unpaired) electrons. The first kappa shape index (κ1) is 25.4. The summed E-state index contributed by atoms with van der Waals surface area (Å²) in [6, 6.07) is 22.7. The molecule has 180 valence electrons. The van der Waals surface area contributed by atoms with Gasteiger partial charge in [0.05, 0.1) is 12.7 Å². The summed E-state index contributed by atoms with van der Waals surface area (Å²) in [5, 5.41) is 35.7. The Hall–Kier alpha value is -3.19. The van der Waals surface area contributed by atoms with Gasteiger partial charge in [0.15, 0.2) is 0 Å². The van der Waals surface area contributed by atoms with Crippen molar-refractivity contribution in [3.8, 4) is 5.75 Å². The van der Waals surface area contributed by atoms with Gasteiger partial charge in [-0.2, -0.15) is 0 Å². The van der Waals surface area contributed by atoms with Gasteiger partial charge in [-0.15, -0.1) is 0 Å². The molecule has 6 nitrogen and oxygen atoms in total. The Morgan fingerprint density at radius 3 is 2.50 bits per heavy atom. The lowest BCUT2D eigenvalue weighted by Gasteiger charge is -2.18. The van der Waals surface area contributed by atoms with E-state index in [1.165, 1.54) is 11.6 Å². The van der Waals surface area contributed by atoms with Gasteiger partial charge in [-0.25, -0.2) is 0 Å². The number of benzene rings is 3. The van der Waals surface area contributed by atoms with E-state index in [1.54, 1.807) is 12.1 Å². The molecular formula is C28H34N2O4. The fourth-order valence-electron chi connectivity index (χ4n) is 3.88. The highest BCUT2D eigenvalue weighted by atomic mass is 16.3. The second-order valence-corrected chi connectivity index (χ2v) is 8.62. The van der Waals surface area contributed by atoms with Crippen molar-refractivity contribution in [1.29, 1.82) is 0 Å². The Balaban J connectivity index is 1.45. The highest BCUT2D eigenvalue weighted by molar-refractivity contribution is 5.94. The largest absolute Gasteiger partial charge is 0.508 e. The fourth-order valence-corrected chi connectivity index (χ4v) is 3.88. The summed E-state index contributed by atoms with van der Waals surface area (Å²) < 4.78 is 0. The minimum atomic E-state index is -0.763. The van der Waals surface area contributed by atoms with Gasteiger partial charge < -0.3 is 26.0 Å². The zero-order valence-corrected chi connectivity index (χ0v) is 19.6. The van der Waals surface area contributed by atoms with Gasteiger partial charge in [-0.05, 0) is 67.1 Å². The molecule has 0 saturated heterocycles. The average molecular weight is 463 g/mol. The molecule has 0 fully saturated rings. The molecule has 5 N–H and O–H groups in total. The molecule has 3 aromatic carbocycles. The lowest BCUT2D eigenvalue weighted by molar-refractivity contribution is 0.0953. The Bertz CT molecular complexity index is 1060. The third-order valence-electron chi connectivity index (χ3n) is 5.82. The summed E-state index contributed by atoms with van der Waals surface area (Å²) >= 11 is 0. The molecule has 0 aromatic heterocycles. The van der Waals surface area contributed by atoms with Gasteiger partial charge >= 0.3 is 0 Å². The normalized spacial score (nSPS) is 12.8. The van der Waals surface area contributed by atoms with Gasteiger partial charge in [0, 0.05) is 30.3 Å². The van der Waals surface area contributed by atoms with Crippen LogP contribution in [0.5, 0.6) is 5.75 Å². The monoisotopic (exact) mass is 462 g/mol. The van der Waals surface area contributed by atoms with E-state index in [9.17, 15) is 20.1 Å². The Morgan fingerprint density at radius 1 is 0.971 bits per heavy atom. The van der Waals surface area contributed by atoms with E-state index in [2.05, 4.69) is 22.8 Å². The van der Waals surface area contributed by atoms with E-state index in [0.717, 1.165) is 18.4 Å².